The van der Waals surface area contributed by atoms with E-state index in [4.69, 9.17) is 27.9 Å². The van der Waals surface area contributed by atoms with E-state index in [0.29, 0.717) is 18.8 Å². The van der Waals surface area contributed by atoms with Gasteiger partial charge in [0.25, 0.3) is 0 Å². The molecule has 0 spiro atoms. The van der Waals surface area contributed by atoms with E-state index in [0.717, 1.165) is 13.1 Å². The molecule has 1 aromatic carbocycles. The van der Waals surface area contributed by atoms with Crippen molar-refractivity contribution in [2.75, 3.05) is 38.6 Å². The second-order valence-corrected chi connectivity index (χ2v) is 5.19. The zero-order valence-corrected chi connectivity index (χ0v) is 11.6. The molecule has 2 rings (SSSR count). The van der Waals surface area contributed by atoms with E-state index in [2.05, 4.69) is 10.2 Å². The monoisotopic (exact) mass is 292 g/mol. The molecular formula is C12H15Cl2FN2O. The van der Waals surface area contributed by atoms with Crippen LogP contribution in [0.2, 0.25) is 10.0 Å². The predicted octanol–water partition coefficient (Wildman–Crippen LogP) is 2.88. The molecule has 18 heavy (non-hydrogen) atoms. The molecule has 6 heteroatoms. The Balaban J connectivity index is 1.97. The van der Waals surface area contributed by atoms with Gasteiger partial charge in [0.05, 0.1) is 28.4 Å². The van der Waals surface area contributed by atoms with Gasteiger partial charge >= 0.3 is 0 Å². The van der Waals surface area contributed by atoms with E-state index >= 15 is 0 Å². The number of hydrogen-bond acceptors (Lipinski definition) is 3. The summed E-state index contributed by atoms with van der Waals surface area (Å²) in [4.78, 5) is 2.20. The van der Waals surface area contributed by atoms with E-state index in [9.17, 15) is 4.39 Å². The zero-order chi connectivity index (χ0) is 13.1. The van der Waals surface area contributed by atoms with E-state index in [1.54, 1.807) is 0 Å². The van der Waals surface area contributed by atoms with Crippen LogP contribution in [0.4, 0.5) is 10.1 Å². The Labute approximate surface area is 116 Å². The lowest BCUT2D eigenvalue weighted by Gasteiger charge is -2.30. The Kier molecular flexibility index (Phi) is 4.67. The summed E-state index contributed by atoms with van der Waals surface area (Å²) >= 11 is 11.9. The van der Waals surface area contributed by atoms with E-state index < -0.39 is 5.82 Å². The molecule has 100 valence electrons. The summed E-state index contributed by atoms with van der Waals surface area (Å²) in [5, 5.41) is 3.68. The van der Waals surface area contributed by atoms with Gasteiger partial charge in [-0.25, -0.2) is 4.39 Å². The molecule has 0 amide bonds. The lowest BCUT2D eigenvalue weighted by molar-refractivity contribution is -0.0117. The van der Waals surface area contributed by atoms with Gasteiger partial charge in [-0.2, -0.15) is 0 Å². The first-order valence-corrected chi connectivity index (χ1v) is 6.50. The van der Waals surface area contributed by atoms with Crippen LogP contribution in [0.15, 0.2) is 12.1 Å². The van der Waals surface area contributed by atoms with E-state index in [1.807, 2.05) is 7.05 Å². The number of rotatable bonds is 3. The maximum absolute atomic E-state index is 13.0. The van der Waals surface area contributed by atoms with E-state index in [-0.39, 0.29) is 16.1 Å². The van der Waals surface area contributed by atoms with E-state index in [1.165, 1.54) is 12.1 Å². The average molecular weight is 293 g/mol. The highest BCUT2D eigenvalue weighted by Crippen LogP contribution is 2.31. The fourth-order valence-corrected chi connectivity index (χ4v) is 2.51. The third-order valence-corrected chi connectivity index (χ3v) is 3.45. The maximum atomic E-state index is 13.0. The highest BCUT2D eigenvalue weighted by molar-refractivity contribution is 6.39. The molecule has 1 fully saturated rings. The highest BCUT2D eigenvalue weighted by Gasteiger charge is 2.18. The summed E-state index contributed by atoms with van der Waals surface area (Å²) < 4.78 is 18.6. The molecule has 1 heterocycles. The van der Waals surface area contributed by atoms with Crippen molar-refractivity contribution < 1.29 is 9.13 Å². The lowest BCUT2D eigenvalue weighted by atomic mass is 10.2. The standard InChI is InChI=1S/C12H15Cl2FN2O/c1-17-2-3-18-9(7-17)6-16-12-10(13)4-8(15)5-11(12)14/h4-5,9,16H,2-3,6-7H2,1H3. The molecule has 1 saturated heterocycles. The second-order valence-electron chi connectivity index (χ2n) is 4.38. The number of morpholine rings is 1. The maximum Gasteiger partial charge on any atom is 0.126 e. The molecule has 0 saturated carbocycles. The number of halogens is 3. The molecule has 1 unspecified atom stereocenters. The van der Waals surface area contributed by atoms with Gasteiger partial charge in [-0.05, 0) is 19.2 Å². The number of ether oxygens (including phenoxy) is 1. The van der Waals surface area contributed by atoms with Crippen LogP contribution in [-0.2, 0) is 4.74 Å². The number of hydrogen-bond donors (Lipinski definition) is 1. The summed E-state index contributed by atoms with van der Waals surface area (Å²) in [6.07, 6.45) is 0.0842. The minimum atomic E-state index is -0.441. The van der Waals surface area contributed by atoms with Crippen LogP contribution in [0.25, 0.3) is 0 Å². The number of nitrogens with zero attached hydrogens (tertiary/aromatic N) is 1. The van der Waals surface area contributed by atoms with Crippen molar-refractivity contribution >= 4 is 28.9 Å². The smallest absolute Gasteiger partial charge is 0.126 e. The fourth-order valence-electron chi connectivity index (χ4n) is 1.92. The number of nitrogens with one attached hydrogen (secondary N) is 1. The molecule has 1 N–H and O–H groups in total. The minimum Gasteiger partial charge on any atom is -0.380 e. The summed E-state index contributed by atoms with van der Waals surface area (Å²) in [7, 11) is 2.05. The third kappa shape index (κ3) is 3.48. The molecule has 1 aliphatic rings. The van der Waals surface area contributed by atoms with Gasteiger partial charge in [-0.3, -0.25) is 0 Å². The van der Waals surface area contributed by atoms with Crippen molar-refractivity contribution in [3.63, 3.8) is 0 Å². The zero-order valence-electron chi connectivity index (χ0n) is 10.0. The molecule has 0 radical (unpaired) electrons. The van der Waals surface area contributed by atoms with Crippen molar-refractivity contribution in [2.24, 2.45) is 0 Å². The Bertz CT molecular complexity index is 408. The Hall–Kier alpha value is -0.550. The SMILES string of the molecule is CN1CCOC(CNc2c(Cl)cc(F)cc2Cl)C1. The predicted molar refractivity (Wildman–Crippen MR) is 72.1 cm³/mol. The molecule has 1 aromatic rings. The van der Waals surface area contributed by atoms with Crippen molar-refractivity contribution in [1.82, 2.24) is 4.90 Å². The van der Waals surface area contributed by atoms with Gasteiger partial charge in [0.1, 0.15) is 5.82 Å². The summed E-state index contributed by atoms with van der Waals surface area (Å²) in [5.41, 5.74) is 0.552. The summed E-state index contributed by atoms with van der Waals surface area (Å²) in [6, 6.07) is 2.48. The van der Waals surface area contributed by atoms with Crippen molar-refractivity contribution in [2.45, 2.75) is 6.10 Å². The van der Waals surface area contributed by atoms with Crippen LogP contribution in [0.1, 0.15) is 0 Å². The van der Waals surface area contributed by atoms with Crippen LogP contribution < -0.4 is 5.32 Å². The van der Waals surface area contributed by atoms with Crippen LogP contribution in [-0.4, -0.2) is 44.3 Å². The number of benzene rings is 1. The summed E-state index contributed by atoms with van der Waals surface area (Å²) in [5.74, 6) is -0.441. The van der Waals surface area contributed by atoms with Gasteiger partial charge < -0.3 is 15.0 Å². The molecule has 0 bridgehead atoms. The molecule has 1 aliphatic heterocycles. The fraction of sp³-hybridized carbons (Fsp3) is 0.500. The average Bonchev–Trinajstić information content (AvgIpc) is 2.27. The molecule has 3 nitrogen and oxygen atoms in total. The molecular weight excluding hydrogens is 278 g/mol. The van der Waals surface area contributed by atoms with Crippen LogP contribution in [0.5, 0.6) is 0 Å². The topological polar surface area (TPSA) is 24.5 Å². The van der Waals surface area contributed by atoms with Crippen LogP contribution in [0.3, 0.4) is 0 Å². The largest absolute Gasteiger partial charge is 0.380 e. The van der Waals surface area contributed by atoms with Crippen LogP contribution >= 0.6 is 23.2 Å². The normalized spacial score (nSPS) is 21.0. The number of likely N-dealkylation sites (N-methyl/N-ethyl adjacent to an activating group) is 1. The van der Waals surface area contributed by atoms with Gasteiger partial charge in [-0.15, -0.1) is 0 Å². The molecule has 1 atom stereocenters. The van der Waals surface area contributed by atoms with Gasteiger partial charge in [0.15, 0.2) is 0 Å². The summed E-state index contributed by atoms with van der Waals surface area (Å²) in [6.45, 7) is 3.10. The van der Waals surface area contributed by atoms with Crippen molar-refractivity contribution in [3.05, 3.63) is 28.0 Å². The van der Waals surface area contributed by atoms with Gasteiger partial charge in [-0.1, -0.05) is 23.2 Å². The first-order chi connectivity index (χ1) is 8.56. The molecule has 0 aliphatic carbocycles. The van der Waals surface area contributed by atoms with Crippen molar-refractivity contribution in [3.8, 4) is 0 Å². The quantitative estimate of drug-likeness (QED) is 0.927. The molecule has 0 aromatic heterocycles. The first kappa shape index (κ1) is 13.9. The lowest BCUT2D eigenvalue weighted by Crippen LogP contribution is -2.43. The minimum absolute atomic E-state index is 0.0842. The van der Waals surface area contributed by atoms with Gasteiger partial charge in [0.2, 0.25) is 0 Å². The van der Waals surface area contributed by atoms with Crippen molar-refractivity contribution in [1.29, 1.82) is 0 Å². The first-order valence-electron chi connectivity index (χ1n) is 5.75. The number of anilines is 1. The highest BCUT2D eigenvalue weighted by atomic mass is 35.5. The Morgan fingerprint density at radius 2 is 2.11 bits per heavy atom. The third-order valence-electron chi connectivity index (χ3n) is 2.86. The Morgan fingerprint density at radius 3 is 2.72 bits per heavy atom. The van der Waals surface area contributed by atoms with Crippen LogP contribution in [0, 0.1) is 5.82 Å². The second kappa shape index (κ2) is 6.06. The Morgan fingerprint density at radius 1 is 1.44 bits per heavy atom. The van der Waals surface area contributed by atoms with Gasteiger partial charge in [0, 0.05) is 19.6 Å².